The van der Waals surface area contributed by atoms with Crippen LogP contribution in [-0.4, -0.2) is 23.8 Å². The summed E-state index contributed by atoms with van der Waals surface area (Å²) in [4.78, 5) is 10.9. The van der Waals surface area contributed by atoms with Crippen molar-refractivity contribution in [3.63, 3.8) is 0 Å². The van der Waals surface area contributed by atoms with Gasteiger partial charge in [0.25, 0.3) is 0 Å². The fourth-order valence-corrected chi connectivity index (χ4v) is 0.814. The van der Waals surface area contributed by atoms with Gasteiger partial charge in [-0.05, 0) is 12.8 Å². The van der Waals surface area contributed by atoms with Crippen molar-refractivity contribution in [1.82, 2.24) is 0 Å². The van der Waals surface area contributed by atoms with Crippen LogP contribution in [0.15, 0.2) is 0 Å². The molecule has 12 heavy (non-hydrogen) atoms. The van der Waals surface area contributed by atoms with E-state index >= 15 is 0 Å². The molecule has 0 spiro atoms. The molecule has 0 radical (unpaired) electrons. The van der Waals surface area contributed by atoms with Crippen LogP contribution in [0, 0.1) is 0 Å². The van der Waals surface area contributed by atoms with Gasteiger partial charge in [0, 0.05) is 0 Å². The molecule has 3 nitrogen and oxygen atoms in total. The van der Waals surface area contributed by atoms with Gasteiger partial charge in [-0.15, -0.1) is 0 Å². The Hall–Kier alpha value is -0.570. The van der Waals surface area contributed by atoms with E-state index in [1.54, 1.807) is 0 Å². The molecule has 0 aliphatic carbocycles. The maximum Gasteiger partial charge on any atom is 0.334 e. The molecular weight excluding hydrogens is 156 g/mol. The summed E-state index contributed by atoms with van der Waals surface area (Å²) >= 11 is 0. The SMILES string of the molecule is CCCCC(O)C(=O)OCCC. The molecule has 1 N–H and O–H groups in total. The van der Waals surface area contributed by atoms with Crippen molar-refractivity contribution in [1.29, 1.82) is 0 Å². The first-order valence-corrected chi connectivity index (χ1v) is 4.57. The van der Waals surface area contributed by atoms with Crippen LogP contribution < -0.4 is 0 Å². The molecule has 72 valence electrons. The van der Waals surface area contributed by atoms with E-state index in [1.807, 2.05) is 13.8 Å². The molecule has 0 saturated heterocycles. The zero-order valence-corrected chi connectivity index (χ0v) is 7.88. The minimum Gasteiger partial charge on any atom is -0.464 e. The smallest absolute Gasteiger partial charge is 0.334 e. The predicted octanol–water partition coefficient (Wildman–Crippen LogP) is 1.49. The van der Waals surface area contributed by atoms with Gasteiger partial charge in [0.2, 0.25) is 0 Å². The summed E-state index contributed by atoms with van der Waals surface area (Å²) in [5.41, 5.74) is 0. The fourth-order valence-electron chi connectivity index (χ4n) is 0.814. The third-order valence-corrected chi connectivity index (χ3v) is 1.55. The van der Waals surface area contributed by atoms with Gasteiger partial charge in [-0.2, -0.15) is 0 Å². The van der Waals surface area contributed by atoms with Crippen molar-refractivity contribution in [3.05, 3.63) is 0 Å². The lowest BCUT2D eigenvalue weighted by Gasteiger charge is -2.08. The minimum absolute atomic E-state index is 0.405. The molecule has 0 aliphatic heterocycles. The Morgan fingerprint density at radius 2 is 2.08 bits per heavy atom. The molecule has 1 unspecified atom stereocenters. The van der Waals surface area contributed by atoms with Crippen molar-refractivity contribution in [2.45, 2.75) is 45.6 Å². The molecular formula is C9H18O3. The number of carbonyl (C=O) groups is 1. The third kappa shape index (κ3) is 5.13. The van der Waals surface area contributed by atoms with Crippen LogP contribution in [0.4, 0.5) is 0 Å². The van der Waals surface area contributed by atoms with Crippen LogP contribution in [0.2, 0.25) is 0 Å². The van der Waals surface area contributed by atoms with E-state index in [0.717, 1.165) is 19.3 Å². The van der Waals surface area contributed by atoms with E-state index in [2.05, 4.69) is 0 Å². The van der Waals surface area contributed by atoms with Gasteiger partial charge < -0.3 is 9.84 Å². The molecule has 0 bridgehead atoms. The summed E-state index contributed by atoms with van der Waals surface area (Å²) in [6.45, 7) is 4.35. The summed E-state index contributed by atoms with van der Waals surface area (Å²) in [5, 5.41) is 9.20. The Kier molecular flexibility index (Phi) is 6.76. The van der Waals surface area contributed by atoms with Gasteiger partial charge in [-0.1, -0.05) is 26.7 Å². The first kappa shape index (κ1) is 11.4. The molecule has 0 aromatic heterocycles. The van der Waals surface area contributed by atoms with Crippen molar-refractivity contribution >= 4 is 5.97 Å². The summed E-state index contributed by atoms with van der Waals surface area (Å²) in [6, 6.07) is 0. The van der Waals surface area contributed by atoms with E-state index in [4.69, 9.17) is 4.74 Å². The Morgan fingerprint density at radius 3 is 2.58 bits per heavy atom. The number of hydrogen-bond acceptors (Lipinski definition) is 3. The number of ether oxygens (including phenoxy) is 1. The van der Waals surface area contributed by atoms with Gasteiger partial charge in [0.15, 0.2) is 6.10 Å². The van der Waals surface area contributed by atoms with E-state index in [1.165, 1.54) is 0 Å². The van der Waals surface area contributed by atoms with Gasteiger partial charge >= 0.3 is 5.97 Å². The fraction of sp³-hybridized carbons (Fsp3) is 0.889. The Balaban J connectivity index is 3.47. The Bertz CT molecular complexity index is 123. The van der Waals surface area contributed by atoms with Gasteiger partial charge in [-0.3, -0.25) is 0 Å². The summed E-state index contributed by atoms with van der Waals surface area (Å²) in [6.07, 6.45) is 2.24. The average Bonchev–Trinajstić information content (AvgIpc) is 2.10. The summed E-state index contributed by atoms with van der Waals surface area (Å²) < 4.78 is 4.76. The standard InChI is InChI=1S/C9H18O3/c1-3-5-6-8(10)9(11)12-7-4-2/h8,10H,3-7H2,1-2H3. The highest BCUT2D eigenvalue weighted by atomic mass is 16.5. The zero-order valence-electron chi connectivity index (χ0n) is 7.88. The second kappa shape index (κ2) is 7.10. The van der Waals surface area contributed by atoms with Crippen LogP contribution in [0.25, 0.3) is 0 Å². The van der Waals surface area contributed by atoms with E-state index in [9.17, 15) is 9.90 Å². The molecule has 0 saturated carbocycles. The number of aliphatic hydroxyl groups is 1. The topological polar surface area (TPSA) is 46.5 Å². The number of carbonyl (C=O) groups excluding carboxylic acids is 1. The molecule has 0 rings (SSSR count). The van der Waals surface area contributed by atoms with Crippen molar-refractivity contribution < 1.29 is 14.6 Å². The lowest BCUT2D eigenvalue weighted by Crippen LogP contribution is -2.23. The Labute approximate surface area is 73.7 Å². The molecule has 0 heterocycles. The normalized spacial score (nSPS) is 12.6. The second-order valence-electron chi connectivity index (χ2n) is 2.83. The minimum atomic E-state index is -0.920. The van der Waals surface area contributed by atoms with Crippen molar-refractivity contribution in [2.24, 2.45) is 0 Å². The molecule has 0 aliphatic rings. The van der Waals surface area contributed by atoms with E-state index < -0.39 is 12.1 Å². The summed E-state index contributed by atoms with van der Waals surface area (Å²) in [5.74, 6) is -0.481. The highest BCUT2D eigenvalue weighted by molar-refractivity contribution is 5.74. The van der Waals surface area contributed by atoms with Crippen LogP contribution in [0.1, 0.15) is 39.5 Å². The monoisotopic (exact) mass is 174 g/mol. The van der Waals surface area contributed by atoms with Crippen LogP contribution in [-0.2, 0) is 9.53 Å². The molecule has 0 aromatic carbocycles. The second-order valence-corrected chi connectivity index (χ2v) is 2.83. The first-order valence-electron chi connectivity index (χ1n) is 4.57. The molecule has 0 amide bonds. The quantitative estimate of drug-likeness (QED) is 0.620. The number of aliphatic hydroxyl groups excluding tert-OH is 1. The van der Waals surface area contributed by atoms with E-state index in [-0.39, 0.29) is 0 Å². The van der Waals surface area contributed by atoms with Gasteiger partial charge in [-0.25, -0.2) is 4.79 Å². The van der Waals surface area contributed by atoms with Gasteiger partial charge in [0.05, 0.1) is 6.61 Å². The first-order chi connectivity index (χ1) is 5.72. The molecule has 1 atom stereocenters. The molecule has 0 fully saturated rings. The highest BCUT2D eigenvalue weighted by Crippen LogP contribution is 2.02. The Morgan fingerprint density at radius 1 is 1.42 bits per heavy atom. The lowest BCUT2D eigenvalue weighted by molar-refractivity contribution is -0.153. The molecule has 3 heteroatoms. The zero-order chi connectivity index (χ0) is 9.40. The lowest BCUT2D eigenvalue weighted by atomic mass is 10.2. The average molecular weight is 174 g/mol. The van der Waals surface area contributed by atoms with Crippen molar-refractivity contribution in [2.75, 3.05) is 6.61 Å². The van der Waals surface area contributed by atoms with Gasteiger partial charge in [0.1, 0.15) is 0 Å². The van der Waals surface area contributed by atoms with Crippen LogP contribution in [0.3, 0.4) is 0 Å². The largest absolute Gasteiger partial charge is 0.464 e. The third-order valence-electron chi connectivity index (χ3n) is 1.55. The summed E-state index contributed by atoms with van der Waals surface area (Å²) in [7, 11) is 0. The van der Waals surface area contributed by atoms with Crippen LogP contribution in [0.5, 0.6) is 0 Å². The number of unbranched alkanes of at least 4 members (excludes halogenated alkanes) is 1. The maximum atomic E-state index is 10.9. The van der Waals surface area contributed by atoms with Crippen molar-refractivity contribution in [3.8, 4) is 0 Å². The van der Waals surface area contributed by atoms with Crippen LogP contribution >= 0.6 is 0 Å². The number of esters is 1. The van der Waals surface area contributed by atoms with E-state index in [0.29, 0.717) is 13.0 Å². The predicted molar refractivity (Wildman–Crippen MR) is 46.8 cm³/mol. The maximum absolute atomic E-state index is 10.9. The number of rotatable bonds is 6. The highest BCUT2D eigenvalue weighted by Gasteiger charge is 2.14. The number of hydrogen-bond donors (Lipinski definition) is 1. The molecule has 0 aromatic rings.